The minimum absolute atomic E-state index is 0.112. The zero-order chi connectivity index (χ0) is 21.3. The summed E-state index contributed by atoms with van der Waals surface area (Å²) in [4.78, 5) is 37.4. The Kier molecular flexibility index (Phi) is 7.43. The first-order chi connectivity index (χ1) is 14.5. The van der Waals surface area contributed by atoms with Gasteiger partial charge in [-0.05, 0) is 42.7 Å². The van der Waals surface area contributed by atoms with Crippen LogP contribution in [-0.4, -0.2) is 47.5 Å². The number of piperidine rings is 1. The van der Waals surface area contributed by atoms with Gasteiger partial charge in [-0.3, -0.25) is 14.4 Å². The summed E-state index contributed by atoms with van der Waals surface area (Å²) in [6.07, 6.45) is 1.56. The molecule has 0 bridgehead atoms. The lowest BCUT2D eigenvalue weighted by atomic mass is 9.97. The molecule has 1 atom stereocenters. The Labute approximate surface area is 175 Å². The van der Waals surface area contributed by atoms with E-state index in [2.05, 4.69) is 5.32 Å². The fraction of sp³-hybridized carbons (Fsp3) is 0.348. The van der Waals surface area contributed by atoms with Gasteiger partial charge in [0, 0.05) is 25.2 Å². The smallest absolute Gasteiger partial charge is 0.308 e. The minimum Gasteiger partial charge on any atom is -0.493 e. The SMILES string of the molecule is O=C(CCOc1ccccc1)NCc1ccc(C(=O)N2CCCC(C(=O)O)C2)cc1. The Balaban J connectivity index is 1.43. The third-order valence-electron chi connectivity index (χ3n) is 5.09. The summed E-state index contributed by atoms with van der Waals surface area (Å²) in [5.41, 5.74) is 1.40. The van der Waals surface area contributed by atoms with E-state index >= 15 is 0 Å². The highest BCUT2D eigenvalue weighted by Gasteiger charge is 2.28. The van der Waals surface area contributed by atoms with Crippen molar-refractivity contribution < 1.29 is 24.2 Å². The fourth-order valence-electron chi connectivity index (χ4n) is 3.38. The predicted molar refractivity (Wildman–Crippen MR) is 111 cm³/mol. The molecule has 0 radical (unpaired) electrons. The van der Waals surface area contributed by atoms with Crippen LogP contribution in [0.25, 0.3) is 0 Å². The van der Waals surface area contributed by atoms with Gasteiger partial charge in [0.15, 0.2) is 0 Å². The number of carbonyl (C=O) groups excluding carboxylic acids is 2. The number of carboxylic acids is 1. The van der Waals surface area contributed by atoms with Gasteiger partial charge in [-0.1, -0.05) is 30.3 Å². The van der Waals surface area contributed by atoms with E-state index in [1.165, 1.54) is 0 Å². The van der Waals surface area contributed by atoms with Crippen molar-refractivity contribution >= 4 is 17.8 Å². The molecule has 30 heavy (non-hydrogen) atoms. The van der Waals surface area contributed by atoms with Gasteiger partial charge in [0.2, 0.25) is 5.91 Å². The Morgan fingerprint density at radius 1 is 1.07 bits per heavy atom. The van der Waals surface area contributed by atoms with Crippen LogP contribution in [0.1, 0.15) is 35.2 Å². The van der Waals surface area contributed by atoms with Crippen LogP contribution in [-0.2, 0) is 16.1 Å². The van der Waals surface area contributed by atoms with Gasteiger partial charge in [0.25, 0.3) is 5.91 Å². The average molecular weight is 410 g/mol. The van der Waals surface area contributed by atoms with Crippen LogP contribution >= 0.6 is 0 Å². The normalized spacial score (nSPS) is 16.0. The van der Waals surface area contributed by atoms with Crippen LogP contribution in [0.2, 0.25) is 0 Å². The summed E-state index contributed by atoms with van der Waals surface area (Å²) in [5.74, 6) is -0.890. The number of carboxylic acid groups (broad SMARTS) is 1. The molecule has 7 nitrogen and oxygen atoms in total. The molecule has 2 amide bonds. The minimum atomic E-state index is -0.854. The summed E-state index contributed by atoms with van der Waals surface area (Å²) in [6, 6.07) is 16.4. The van der Waals surface area contributed by atoms with E-state index in [0.717, 1.165) is 11.3 Å². The van der Waals surface area contributed by atoms with Gasteiger partial charge < -0.3 is 20.1 Å². The maximum Gasteiger partial charge on any atom is 0.308 e. The van der Waals surface area contributed by atoms with Crippen molar-refractivity contribution in [3.8, 4) is 5.75 Å². The Hall–Kier alpha value is -3.35. The number of hydrogen-bond donors (Lipinski definition) is 2. The number of amides is 2. The Morgan fingerprint density at radius 2 is 1.80 bits per heavy atom. The number of para-hydroxylation sites is 1. The average Bonchev–Trinajstić information content (AvgIpc) is 2.78. The molecule has 3 rings (SSSR count). The number of nitrogens with one attached hydrogen (secondary N) is 1. The molecular formula is C23H26N2O5. The molecule has 0 aliphatic carbocycles. The molecular weight excluding hydrogens is 384 g/mol. The second-order valence-electron chi connectivity index (χ2n) is 7.31. The van der Waals surface area contributed by atoms with Crippen molar-refractivity contribution in [2.45, 2.75) is 25.8 Å². The van der Waals surface area contributed by atoms with E-state index in [1.807, 2.05) is 30.3 Å². The highest BCUT2D eigenvalue weighted by atomic mass is 16.5. The number of nitrogens with zero attached hydrogens (tertiary/aromatic N) is 1. The van der Waals surface area contributed by atoms with Crippen LogP contribution in [0.5, 0.6) is 5.75 Å². The van der Waals surface area contributed by atoms with E-state index < -0.39 is 11.9 Å². The van der Waals surface area contributed by atoms with Gasteiger partial charge in [-0.15, -0.1) is 0 Å². The molecule has 1 unspecified atom stereocenters. The number of carbonyl (C=O) groups is 3. The number of hydrogen-bond acceptors (Lipinski definition) is 4. The zero-order valence-corrected chi connectivity index (χ0v) is 16.8. The maximum absolute atomic E-state index is 12.6. The van der Waals surface area contributed by atoms with Crippen LogP contribution in [0.15, 0.2) is 54.6 Å². The molecule has 0 saturated carbocycles. The number of likely N-dealkylation sites (tertiary alicyclic amines) is 1. The first kappa shape index (κ1) is 21.4. The summed E-state index contributed by atoms with van der Waals surface area (Å²) in [5, 5.41) is 12.0. The molecule has 2 aromatic carbocycles. The van der Waals surface area contributed by atoms with Crippen molar-refractivity contribution in [2.75, 3.05) is 19.7 Å². The number of aliphatic carboxylic acids is 1. The summed E-state index contributed by atoms with van der Waals surface area (Å²) >= 11 is 0. The van der Waals surface area contributed by atoms with Gasteiger partial charge in [-0.25, -0.2) is 0 Å². The molecule has 0 spiro atoms. The van der Waals surface area contributed by atoms with Crippen molar-refractivity contribution in [3.63, 3.8) is 0 Å². The molecule has 1 saturated heterocycles. The lowest BCUT2D eigenvalue weighted by Gasteiger charge is -2.30. The number of benzene rings is 2. The number of rotatable bonds is 8. The van der Waals surface area contributed by atoms with Gasteiger partial charge in [0.05, 0.1) is 18.9 Å². The van der Waals surface area contributed by atoms with Crippen molar-refractivity contribution in [1.82, 2.24) is 10.2 Å². The lowest BCUT2D eigenvalue weighted by Crippen LogP contribution is -2.42. The van der Waals surface area contributed by atoms with Crippen molar-refractivity contribution in [1.29, 1.82) is 0 Å². The highest BCUT2D eigenvalue weighted by Crippen LogP contribution is 2.19. The lowest BCUT2D eigenvalue weighted by molar-refractivity contribution is -0.143. The standard InChI is InChI=1S/C23H26N2O5/c26-21(12-14-30-20-6-2-1-3-7-20)24-15-17-8-10-18(11-9-17)22(27)25-13-4-5-19(16-25)23(28)29/h1-3,6-11,19H,4-5,12-16H2,(H,24,26)(H,28,29). The van der Waals surface area contributed by atoms with E-state index in [9.17, 15) is 19.5 Å². The Bertz CT molecular complexity index is 867. The number of ether oxygens (including phenoxy) is 1. The van der Waals surface area contributed by atoms with Gasteiger partial charge >= 0.3 is 5.97 Å². The molecule has 0 aromatic heterocycles. The monoisotopic (exact) mass is 410 g/mol. The van der Waals surface area contributed by atoms with Crippen LogP contribution < -0.4 is 10.1 Å². The molecule has 1 heterocycles. The van der Waals surface area contributed by atoms with Gasteiger partial charge in [0.1, 0.15) is 5.75 Å². The van der Waals surface area contributed by atoms with Crippen molar-refractivity contribution in [3.05, 3.63) is 65.7 Å². The molecule has 2 aromatic rings. The topological polar surface area (TPSA) is 95.9 Å². The molecule has 1 fully saturated rings. The molecule has 1 aliphatic rings. The van der Waals surface area contributed by atoms with E-state index in [-0.39, 0.29) is 24.8 Å². The summed E-state index contributed by atoms with van der Waals surface area (Å²) in [7, 11) is 0. The molecule has 158 valence electrons. The third-order valence-corrected chi connectivity index (χ3v) is 5.09. The molecule has 2 N–H and O–H groups in total. The van der Waals surface area contributed by atoms with Crippen molar-refractivity contribution in [2.24, 2.45) is 5.92 Å². The second-order valence-corrected chi connectivity index (χ2v) is 7.31. The first-order valence-corrected chi connectivity index (χ1v) is 10.1. The quantitative estimate of drug-likeness (QED) is 0.698. The Morgan fingerprint density at radius 3 is 2.50 bits per heavy atom. The predicted octanol–water partition coefficient (Wildman–Crippen LogP) is 2.71. The first-order valence-electron chi connectivity index (χ1n) is 10.1. The maximum atomic E-state index is 12.6. The summed E-state index contributed by atoms with van der Waals surface area (Å²) in [6.45, 7) is 1.49. The van der Waals surface area contributed by atoms with E-state index in [4.69, 9.17) is 4.74 Å². The van der Waals surface area contributed by atoms with Crippen LogP contribution in [0, 0.1) is 5.92 Å². The van der Waals surface area contributed by atoms with E-state index in [0.29, 0.717) is 38.1 Å². The largest absolute Gasteiger partial charge is 0.493 e. The van der Waals surface area contributed by atoms with Crippen LogP contribution in [0.4, 0.5) is 0 Å². The highest BCUT2D eigenvalue weighted by molar-refractivity contribution is 5.94. The molecule has 1 aliphatic heterocycles. The van der Waals surface area contributed by atoms with Crippen LogP contribution in [0.3, 0.4) is 0 Å². The fourth-order valence-corrected chi connectivity index (χ4v) is 3.38. The second kappa shape index (κ2) is 10.4. The molecule has 7 heteroatoms. The van der Waals surface area contributed by atoms with Gasteiger partial charge in [-0.2, -0.15) is 0 Å². The summed E-state index contributed by atoms with van der Waals surface area (Å²) < 4.78 is 5.51. The van der Waals surface area contributed by atoms with E-state index in [1.54, 1.807) is 29.2 Å². The zero-order valence-electron chi connectivity index (χ0n) is 16.8. The third kappa shape index (κ3) is 6.07.